The van der Waals surface area contributed by atoms with Crippen molar-refractivity contribution in [3.8, 4) is 0 Å². The number of nitrogens with one attached hydrogen (secondary N) is 2. The van der Waals surface area contributed by atoms with E-state index in [-0.39, 0.29) is 12.6 Å². The molecule has 0 saturated heterocycles. The Labute approximate surface area is 129 Å². The standard InChI is InChI=1S/C16H20N4O2/c1-20(2)15-9-8-13(10-17-15)18-16(22)19-14(11-21)12-6-4-3-5-7-12/h3-10,14,21H,11H2,1-2H3,(H2,18,19,22)/t14-/m1/s1. The minimum atomic E-state index is -0.449. The van der Waals surface area contributed by atoms with E-state index in [9.17, 15) is 9.90 Å². The number of carbonyl (C=O) groups is 1. The molecule has 0 aliphatic carbocycles. The molecule has 2 rings (SSSR count). The van der Waals surface area contributed by atoms with E-state index in [0.717, 1.165) is 11.4 Å². The SMILES string of the molecule is CN(C)c1ccc(NC(=O)N[C@H](CO)c2ccccc2)cn1. The van der Waals surface area contributed by atoms with E-state index in [1.807, 2.05) is 55.4 Å². The van der Waals surface area contributed by atoms with E-state index >= 15 is 0 Å². The first-order chi connectivity index (χ1) is 10.6. The van der Waals surface area contributed by atoms with Crippen LogP contribution in [0.25, 0.3) is 0 Å². The molecular formula is C16H20N4O2. The highest BCUT2D eigenvalue weighted by atomic mass is 16.3. The number of hydrogen-bond donors (Lipinski definition) is 3. The summed E-state index contributed by atoms with van der Waals surface area (Å²) in [4.78, 5) is 18.1. The maximum Gasteiger partial charge on any atom is 0.319 e. The van der Waals surface area contributed by atoms with Gasteiger partial charge in [0, 0.05) is 14.1 Å². The Morgan fingerprint density at radius 1 is 1.23 bits per heavy atom. The Morgan fingerprint density at radius 3 is 2.50 bits per heavy atom. The predicted molar refractivity (Wildman–Crippen MR) is 87.0 cm³/mol. The molecule has 2 aromatic rings. The molecule has 0 spiro atoms. The molecule has 22 heavy (non-hydrogen) atoms. The van der Waals surface area contributed by atoms with Crippen LogP contribution in [0.3, 0.4) is 0 Å². The number of aromatic nitrogens is 1. The Morgan fingerprint density at radius 2 is 1.95 bits per heavy atom. The summed E-state index contributed by atoms with van der Waals surface area (Å²) < 4.78 is 0. The third-order valence-corrected chi connectivity index (χ3v) is 3.15. The summed E-state index contributed by atoms with van der Waals surface area (Å²) in [7, 11) is 3.79. The van der Waals surface area contributed by atoms with Gasteiger partial charge >= 0.3 is 6.03 Å². The number of carbonyl (C=O) groups excluding carboxylic acids is 1. The molecule has 0 fully saturated rings. The molecule has 0 aliphatic heterocycles. The molecule has 1 aromatic carbocycles. The number of aliphatic hydroxyl groups excluding tert-OH is 1. The van der Waals surface area contributed by atoms with E-state index in [2.05, 4.69) is 15.6 Å². The number of hydrogen-bond acceptors (Lipinski definition) is 4. The molecule has 2 amide bonds. The number of amides is 2. The number of urea groups is 1. The van der Waals surface area contributed by atoms with Gasteiger partial charge in [-0.3, -0.25) is 0 Å². The highest BCUT2D eigenvalue weighted by Crippen LogP contribution is 2.14. The van der Waals surface area contributed by atoms with Crippen LogP contribution in [0.5, 0.6) is 0 Å². The third kappa shape index (κ3) is 4.20. The average molecular weight is 300 g/mol. The summed E-state index contributed by atoms with van der Waals surface area (Å²) in [6.45, 7) is -0.171. The fourth-order valence-corrected chi connectivity index (χ4v) is 1.97. The van der Waals surface area contributed by atoms with Crippen LogP contribution >= 0.6 is 0 Å². The van der Waals surface area contributed by atoms with Crippen molar-refractivity contribution < 1.29 is 9.90 Å². The zero-order valence-corrected chi connectivity index (χ0v) is 12.7. The lowest BCUT2D eigenvalue weighted by atomic mass is 10.1. The number of nitrogens with zero attached hydrogens (tertiary/aromatic N) is 2. The van der Waals surface area contributed by atoms with Crippen molar-refractivity contribution in [3.63, 3.8) is 0 Å². The zero-order chi connectivity index (χ0) is 15.9. The van der Waals surface area contributed by atoms with Gasteiger partial charge in [0.1, 0.15) is 5.82 Å². The second-order valence-corrected chi connectivity index (χ2v) is 5.04. The Bertz CT molecular complexity index is 599. The van der Waals surface area contributed by atoms with Gasteiger partial charge in [-0.05, 0) is 17.7 Å². The van der Waals surface area contributed by atoms with Gasteiger partial charge in [-0.1, -0.05) is 30.3 Å². The normalized spacial score (nSPS) is 11.6. The Hall–Kier alpha value is -2.60. The zero-order valence-electron chi connectivity index (χ0n) is 12.7. The van der Waals surface area contributed by atoms with E-state index < -0.39 is 6.04 Å². The van der Waals surface area contributed by atoms with Crippen LogP contribution < -0.4 is 15.5 Å². The highest BCUT2D eigenvalue weighted by molar-refractivity contribution is 5.89. The van der Waals surface area contributed by atoms with Crippen molar-refractivity contribution in [2.45, 2.75) is 6.04 Å². The predicted octanol–water partition coefficient (Wildman–Crippen LogP) is 2.00. The average Bonchev–Trinajstić information content (AvgIpc) is 2.54. The summed E-state index contributed by atoms with van der Waals surface area (Å²) in [6.07, 6.45) is 1.59. The van der Waals surface area contributed by atoms with Gasteiger partial charge in [-0.15, -0.1) is 0 Å². The van der Waals surface area contributed by atoms with Gasteiger partial charge in [0.25, 0.3) is 0 Å². The van der Waals surface area contributed by atoms with Crippen molar-refractivity contribution >= 4 is 17.5 Å². The molecule has 0 unspecified atom stereocenters. The molecule has 116 valence electrons. The molecular weight excluding hydrogens is 280 g/mol. The van der Waals surface area contributed by atoms with Crippen LogP contribution in [-0.2, 0) is 0 Å². The summed E-state index contributed by atoms with van der Waals surface area (Å²) >= 11 is 0. The number of aliphatic hydroxyl groups is 1. The summed E-state index contributed by atoms with van der Waals surface area (Å²) in [5.74, 6) is 0.809. The minimum Gasteiger partial charge on any atom is -0.394 e. The molecule has 3 N–H and O–H groups in total. The van der Waals surface area contributed by atoms with Gasteiger partial charge in [-0.2, -0.15) is 0 Å². The van der Waals surface area contributed by atoms with Crippen LogP contribution in [0.4, 0.5) is 16.3 Å². The lowest BCUT2D eigenvalue weighted by Gasteiger charge is -2.17. The van der Waals surface area contributed by atoms with Crippen molar-refractivity contribution in [2.24, 2.45) is 0 Å². The first-order valence-electron chi connectivity index (χ1n) is 6.97. The molecule has 0 aliphatic rings. The first kappa shape index (κ1) is 15.8. The van der Waals surface area contributed by atoms with Crippen molar-refractivity contribution in [1.29, 1.82) is 0 Å². The number of rotatable bonds is 5. The number of benzene rings is 1. The van der Waals surface area contributed by atoms with Gasteiger partial charge in [0.2, 0.25) is 0 Å². The molecule has 1 atom stereocenters. The largest absolute Gasteiger partial charge is 0.394 e. The van der Waals surface area contributed by atoms with Crippen LogP contribution in [0.2, 0.25) is 0 Å². The van der Waals surface area contributed by atoms with Crippen molar-refractivity contribution in [1.82, 2.24) is 10.3 Å². The molecule has 6 heteroatoms. The van der Waals surface area contributed by atoms with Crippen molar-refractivity contribution in [2.75, 3.05) is 30.9 Å². The van der Waals surface area contributed by atoms with Crippen LogP contribution in [0, 0.1) is 0 Å². The second-order valence-electron chi connectivity index (χ2n) is 5.04. The number of anilines is 2. The summed E-state index contributed by atoms with van der Waals surface area (Å²) in [5, 5.41) is 14.9. The van der Waals surface area contributed by atoms with E-state index in [1.165, 1.54) is 0 Å². The van der Waals surface area contributed by atoms with E-state index in [0.29, 0.717) is 5.69 Å². The fraction of sp³-hybridized carbons (Fsp3) is 0.250. The Kier molecular flexibility index (Phi) is 5.32. The maximum absolute atomic E-state index is 12.0. The first-order valence-corrected chi connectivity index (χ1v) is 6.97. The quantitative estimate of drug-likeness (QED) is 0.789. The van der Waals surface area contributed by atoms with E-state index in [4.69, 9.17) is 0 Å². The second kappa shape index (κ2) is 7.42. The maximum atomic E-state index is 12.0. The topological polar surface area (TPSA) is 77.5 Å². The van der Waals surface area contributed by atoms with Crippen LogP contribution in [-0.4, -0.2) is 36.8 Å². The van der Waals surface area contributed by atoms with Gasteiger partial charge in [0.15, 0.2) is 0 Å². The molecule has 0 saturated carbocycles. The molecule has 1 heterocycles. The summed E-state index contributed by atoms with van der Waals surface area (Å²) in [6, 6.07) is 12.1. The number of pyridine rings is 1. The summed E-state index contributed by atoms with van der Waals surface area (Å²) in [5.41, 5.74) is 1.44. The van der Waals surface area contributed by atoms with Crippen LogP contribution in [0.1, 0.15) is 11.6 Å². The third-order valence-electron chi connectivity index (χ3n) is 3.15. The molecule has 1 aromatic heterocycles. The fourth-order valence-electron chi connectivity index (χ4n) is 1.97. The smallest absolute Gasteiger partial charge is 0.319 e. The van der Waals surface area contributed by atoms with Crippen LogP contribution in [0.15, 0.2) is 48.7 Å². The highest BCUT2D eigenvalue weighted by Gasteiger charge is 2.13. The van der Waals surface area contributed by atoms with Gasteiger partial charge in [0.05, 0.1) is 24.5 Å². The minimum absolute atomic E-state index is 0.171. The molecule has 6 nitrogen and oxygen atoms in total. The van der Waals surface area contributed by atoms with Gasteiger partial charge < -0.3 is 20.6 Å². The lowest BCUT2D eigenvalue weighted by molar-refractivity contribution is 0.225. The monoisotopic (exact) mass is 300 g/mol. The van der Waals surface area contributed by atoms with Gasteiger partial charge in [-0.25, -0.2) is 9.78 Å². The van der Waals surface area contributed by atoms with Crippen molar-refractivity contribution in [3.05, 3.63) is 54.2 Å². The molecule has 0 bridgehead atoms. The molecule has 0 radical (unpaired) electrons. The Balaban J connectivity index is 1.97. The van der Waals surface area contributed by atoms with E-state index in [1.54, 1.807) is 12.3 Å². The lowest BCUT2D eigenvalue weighted by Crippen LogP contribution is -2.34.